The van der Waals surface area contributed by atoms with Gasteiger partial charge in [0.15, 0.2) is 0 Å². The van der Waals surface area contributed by atoms with Crippen molar-refractivity contribution in [3.05, 3.63) is 30.3 Å². The Morgan fingerprint density at radius 3 is 2.22 bits per heavy atom. The molecule has 0 aliphatic carbocycles. The summed E-state index contributed by atoms with van der Waals surface area (Å²) in [7, 11) is 0. The largest absolute Gasteiger partial charge is 0.396 e. The summed E-state index contributed by atoms with van der Waals surface area (Å²) in [6.45, 7) is 9.79. The average Bonchev–Trinajstić information content (AvgIpc) is 2.40. The molecule has 1 aromatic rings. The van der Waals surface area contributed by atoms with Gasteiger partial charge in [0.2, 0.25) is 0 Å². The van der Waals surface area contributed by atoms with E-state index in [0.717, 1.165) is 32.7 Å². The Morgan fingerprint density at radius 2 is 1.67 bits per heavy atom. The van der Waals surface area contributed by atoms with Crippen molar-refractivity contribution in [1.29, 1.82) is 0 Å². The number of anilines is 1. The van der Waals surface area contributed by atoms with Crippen molar-refractivity contribution < 1.29 is 5.11 Å². The number of para-hydroxylation sites is 1. The molecule has 0 amide bonds. The minimum absolute atomic E-state index is 0.00885. The SMILES string of the molecule is CC(C)(CO)CN1CCN(c2ccccc2)CC1. The lowest BCUT2D eigenvalue weighted by molar-refractivity contribution is 0.0996. The molecule has 0 aromatic heterocycles. The molecule has 1 aliphatic rings. The fourth-order valence-corrected chi connectivity index (χ4v) is 2.46. The van der Waals surface area contributed by atoms with Gasteiger partial charge in [-0.2, -0.15) is 0 Å². The zero-order valence-electron chi connectivity index (χ0n) is 11.5. The monoisotopic (exact) mass is 248 g/mol. The molecule has 0 radical (unpaired) electrons. The van der Waals surface area contributed by atoms with Crippen LogP contribution in [0.15, 0.2) is 30.3 Å². The molecule has 1 N–H and O–H groups in total. The summed E-state index contributed by atoms with van der Waals surface area (Å²) in [6, 6.07) is 10.6. The number of hydrogen-bond donors (Lipinski definition) is 1. The van der Waals surface area contributed by atoms with Gasteiger partial charge in [0.05, 0.1) is 0 Å². The highest BCUT2D eigenvalue weighted by atomic mass is 16.3. The van der Waals surface area contributed by atoms with E-state index >= 15 is 0 Å². The van der Waals surface area contributed by atoms with Gasteiger partial charge in [-0.25, -0.2) is 0 Å². The third-order valence-corrected chi connectivity index (χ3v) is 3.57. The van der Waals surface area contributed by atoms with E-state index in [1.165, 1.54) is 5.69 Å². The van der Waals surface area contributed by atoms with Crippen LogP contribution in [0, 0.1) is 5.41 Å². The van der Waals surface area contributed by atoms with Gasteiger partial charge in [0.1, 0.15) is 0 Å². The Labute approximate surface area is 110 Å². The number of aliphatic hydroxyl groups is 1. The van der Waals surface area contributed by atoms with Crippen LogP contribution in [0.3, 0.4) is 0 Å². The molecule has 100 valence electrons. The lowest BCUT2D eigenvalue weighted by Gasteiger charge is -2.39. The van der Waals surface area contributed by atoms with Crippen LogP contribution in [0.5, 0.6) is 0 Å². The second-order valence-corrected chi connectivity index (χ2v) is 5.92. The first-order valence-electron chi connectivity index (χ1n) is 6.74. The summed E-state index contributed by atoms with van der Waals surface area (Å²) in [6.07, 6.45) is 0. The van der Waals surface area contributed by atoms with Crippen molar-refractivity contribution in [3.63, 3.8) is 0 Å². The first kappa shape index (κ1) is 13.4. The zero-order valence-corrected chi connectivity index (χ0v) is 11.5. The summed E-state index contributed by atoms with van der Waals surface area (Å²) in [4.78, 5) is 4.89. The highest BCUT2D eigenvalue weighted by molar-refractivity contribution is 5.46. The maximum absolute atomic E-state index is 9.32. The molecule has 18 heavy (non-hydrogen) atoms. The zero-order chi connectivity index (χ0) is 13.0. The van der Waals surface area contributed by atoms with Gasteiger partial charge in [-0.3, -0.25) is 4.90 Å². The van der Waals surface area contributed by atoms with E-state index in [-0.39, 0.29) is 12.0 Å². The van der Waals surface area contributed by atoms with Crippen LogP contribution < -0.4 is 4.90 Å². The first-order valence-corrected chi connectivity index (χ1v) is 6.74. The quantitative estimate of drug-likeness (QED) is 0.880. The molecule has 3 nitrogen and oxygen atoms in total. The van der Waals surface area contributed by atoms with Crippen molar-refractivity contribution >= 4 is 5.69 Å². The second-order valence-electron chi connectivity index (χ2n) is 5.92. The van der Waals surface area contributed by atoms with Crippen LogP contribution in [0.4, 0.5) is 5.69 Å². The lowest BCUT2D eigenvalue weighted by Crippen LogP contribution is -2.49. The van der Waals surface area contributed by atoms with Crippen LogP contribution in [-0.4, -0.2) is 49.3 Å². The fraction of sp³-hybridized carbons (Fsp3) is 0.600. The highest BCUT2D eigenvalue weighted by Gasteiger charge is 2.24. The molecule has 1 aromatic carbocycles. The maximum Gasteiger partial charge on any atom is 0.0494 e. The summed E-state index contributed by atoms with van der Waals surface area (Å²) >= 11 is 0. The highest BCUT2D eigenvalue weighted by Crippen LogP contribution is 2.19. The maximum atomic E-state index is 9.32. The molecule has 2 rings (SSSR count). The smallest absolute Gasteiger partial charge is 0.0494 e. The van der Waals surface area contributed by atoms with Crippen LogP contribution in [0.25, 0.3) is 0 Å². The molecule has 1 fully saturated rings. The third kappa shape index (κ3) is 3.47. The predicted octanol–water partition coefficient (Wildman–Crippen LogP) is 1.83. The Kier molecular flexibility index (Phi) is 4.25. The van der Waals surface area contributed by atoms with Gasteiger partial charge in [0.25, 0.3) is 0 Å². The number of benzene rings is 1. The van der Waals surface area contributed by atoms with E-state index in [1.54, 1.807) is 0 Å². The average molecular weight is 248 g/mol. The number of nitrogens with zero attached hydrogens (tertiary/aromatic N) is 2. The van der Waals surface area contributed by atoms with E-state index in [9.17, 15) is 5.11 Å². The normalized spacial score (nSPS) is 18.1. The molecule has 1 aliphatic heterocycles. The summed E-state index contributed by atoms with van der Waals surface area (Å²) in [5, 5.41) is 9.32. The molecule has 3 heteroatoms. The van der Waals surface area contributed by atoms with Gasteiger partial charge in [0, 0.05) is 50.4 Å². The molecule has 0 spiro atoms. The van der Waals surface area contributed by atoms with E-state index in [2.05, 4.69) is 54.0 Å². The van der Waals surface area contributed by atoms with Crippen LogP contribution >= 0.6 is 0 Å². The van der Waals surface area contributed by atoms with Crippen LogP contribution in [0.2, 0.25) is 0 Å². The predicted molar refractivity (Wildman–Crippen MR) is 76.0 cm³/mol. The van der Waals surface area contributed by atoms with Gasteiger partial charge in [-0.05, 0) is 12.1 Å². The standard InChI is InChI=1S/C15H24N2O/c1-15(2,13-18)12-16-8-10-17(11-9-16)14-6-4-3-5-7-14/h3-7,18H,8-13H2,1-2H3. The minimum Gasteiger partial charge on any atom is -0.396 e. The Balaban J connectivity index is 1.85. The van der Waals surface area contributed by atoms with Crippen molar-refractivity contribution in [3.8, 4) is 0 Å². The van der Waals surface area contributed by atoms with Gasteiger partial charge in [-0.15, -0.1) is 0 Å². The minimum atomic E-state index is 0.00885. The Bertz CT molecular complexity index is 356. The molecule has 0 unspecified atom stereocenters. The number of hydrogen-bond acceptors (Lipinski definition) is 3. The Hall–Kier alpha value is -1.06. The van der Waals surface area contributed by atoms with Crippen molar-refractivity contribution in [1.82, 2.24) is 4.90 Å². The molecule has 1 heterocycles. The van der Waals surface area contributed by atoms with E-state index < -0.39 is 0 Å². The molecular formula is C15H24N2O. The molecule has 1 saturated heterocycles. The van der Waals surface area contributed by atoms with Crippen molar-refractivity contribution in [2.24, 2.45) is 5.41 Å². The second kappa shape index (κ2) is 5.72. The molecular weight excluding hydrogens is 224 g/mol. The lowest BCUT2D eigenvalue weighted by atomic mass is 9.94. The van der Waals surface area contributed by atoms with Gasteiger partial charge < -0.3 is 10.0 Å². The number of aliphatic hydroxyl groups excluding tert-OH is 1. The summed E-state index contributed by atoms with van der Waals surface area (Å²) in [5.41, 5.74) is 1.33. The summed E-state index contributed by atoms with van der Waals surface area (Å²) < 4.78 is 0. The van der Waals surface area contributed by atoms with Crippen molar-refractivity contribution in [2.45, 2.75) is 13.8 Å². The third-order valence-electron chi connectivity index (χ3n) is 3.57. The topological polar surface area (TPSA) is 26.7 Å². The van der Waals surface area contributed by atoms with Crippen LogP contribution in [0.1, 0.15) is 13.8 Å². The Morgan fingerprint density at radius 1 is 1.06 bits per heavy atom. The molecule has 0 bridgehead atoms. The van der Waals surface area contributed by atoms with Crippen molar-refractivity contribution in [2.75, 3.05) is 44.2 Å². The molecule has 0 saturated carbocycles. The van der Waals surface area contributed by atoms with Crippen LogP contribution in [-0.2, 0) is 0 Å². The fourth-order valence-electron chi connectivity index (χ4n) is 2.46. The molecule has 0 atom stereocenters. The van der Waals surface area contributed by atoms with E-state index in [4.69, 9.17) is 0 Å². The first-order chi connectivity index (χ1) is 8.61. The van der Waals surface area contributed by atoms with E-state index in [1.807, 2.05) is 0 Å². The van der Waals surface area contributed by atoms with Gasteiger partial charge >= 0.3 is 0 Å². The van der Waals surface area contributed by atoms with Gasteiger partial charge in [-0.1, -0.05) is 32.0 Å². The number of piperazine rings is 1. The number of rotatable bonds is 4. The summed E-state index contributed by atoms with van der Waals surface area (Å²) in [5.74, 6) is 0. The van der Waals surface area contributed by atoms with E-state index in [0.29, 0.717) is 0 Å².